The van der Waals surface area contributed by atoms with Crippen molar-refractivity contribution in [3.8, 4) is 0 Å². The first-order valence-corrected chi connectivity index (χ1v) is 13.6. The van der Waals surface area contributed by atoms with Crippen molar-refractivity contribution < 1.29 is 17.6 Å². The molecule has 2 aliphatic rings. The van der Waals surface area contributed by atoms with Crippen LogP contribution in [-0.4, -0.2) is 44.8 Å². The molecule has 0 aliphatic carbocycles. The second-order valence-corrected chi connectivity index (χ2v) is 11.6. The summed E-state index contributed by atoms with van der Waals surface area (Å²) in [4.78, 5) is 15.4. The maximum atomic E-state index is 13.1. The van der Waals surface area contributed by atoms with Crippen molar-refractivity contribution >= 4 is 21.6 Å². The van der Waals surface area contributed by atoms with Gasteiger partial charge in [0.2, 0.25) is 15.9 Å². The molecule has 8 heteroatoms. The lowest BCUT2D eigenvalue weighted by molar-refractivity contribution is -0.126. The number of benzene rings is 2. The zero-order chi connectivity index (χ0) is 24.3. The van der Waals surface area contributed by atoms with Crippen molar-refractivity contribution in [1.29, 1.82) is 0 Å². The van der Waals surface area contributed by atoms with E-state index in [2.05, 4.69) is 41.4 Å². The molecule has 1 amide bonds. The molecule has 0 bridgehead atoms. The molecule has 2 aromatic carbocycles. The molecule has 6 nitrogen and oxygen atoms in total. The van der Waals surface area contributed by atoms with Gasteiger partial charge in [0.25, 0.3) is 0 Å². The Kier molecular flexibility index (Phi) is 7.57. The average molecular weight is 488 g/mol. The van der Waals surface area contributed by atoms with E-state index in [1.54, 1.807) is 0 Å². The van der Waals surface area contributed by atoms with E-state index in [1.807, 2.05) is 6.92 Å². The Labute approximate surface area is 202 Å². The van der Waals surface area contributed by atoms with Crippen LogP contribution in [0.25, 0.3) is 0 Å². The minimum Gasteiger partial charge on any atom is -0.371 e. The molecule has 4 rings (SSSR count). The van der Waals surface area contributed by atoms with Gasteiger partial charge >= 0.3 is 0 Å². The van der Waals surface area contributed by atoms with Crippen LogP contribution in [0.4, 0.5) is 10.1 Å². The number of hydrogen-bond donors (Lipinski definition) is 1. The topological polar surface area (TPSA) is 69.7 Å². The molecule has 2 aromatic rings. The molecule has 1 N–H and O–H groups in total. The van der Waals surface area contributed by atoms with Crippen molar-refractivity contribution in [2.45, 2.75) is 50.5 Å². The van der Waals surface area contributed by atoms with E-state index in [0.717, 1.165) is 30.8 Å². The summed E-state index contributed by atoms with van der Waals surface area (Å²) in [6.45, 7) is 6.99. The molecule has 2 fully saturated rings. The third-order valence-corrected chi connectivity index (χ3v) is 8.96. The molecule has 0 aromatic heterocycles. The van der Waals surface area contributed by atoms with E-state index in [-0.39, 0.29) is 35.9 Å². The van der Waals surface area contributed by atoms with Crippen molar-refractivity contribution in [3.05, 3.63) is 59.9 Å². The predicted octanol–water partition coefficient (Wildman–Crippen LogP) is 4.34. The van der Waals surface area contributed by atoms with Crippen LogP contribution in [0.1, 0.15) is 51.1 Å². The zero-order valence-corrected chi connectivity index (χ0v) is 20.7. The summed E-state index contributed by atoms with van der Waals surface area (Å²) in [6.07, 6.45) is 3.43. The Hall–Kier alpha value is -2.45. The van der Waals surface area contributed by atoms with Gasteiger partial charge in [0.05, 0.1) is 10.9 Å². The average Bonchev–Trinajstić information content (AvgIpc) is 2.84. The van der Waals surface area contributed by atoms with Crippen LogP contribution in [0.3, 0.4) is 0 Å². The molecular formula is C26H34FN3O3S. The monoisotopic (exact) mass is 487 g/mol. The van der Waals surface area contributed by atoms with Gasteiger partial charge in [-0.15, -0.1) is 0 Å². The summed E-state index contributed by atoms with van der Waals surface area (Å²) in [5, 5.41) is 3.10. The number of carbonyl (C=O) groups is 1. The van der Waals surface area contributed by atoms with Crippen LogP contribution in [-0.2, 0) is 14.8 Å². The van der Waals surface area contributed by atoms with Gasteiger partial charge in [0, 0.05) is 37.8 Å². The lowest BCUT2D eigenvalue weighted by Gasteiger charge is -2.33. The van der Waals surface area contributed by atoms with Crippen molar-refractivity contribution in [2.24, 2.45) is 11.8 Å². The highest BCUT2D eigenvalue weighted by molar-refractivity contribution is 7.89. The molecule has 2 heterocycles. The maximum Gasteiger partial charge on any atom is 0.243 e. The number of nitrogens with one attached hydrogen (secondary N) is 1. The SMILES string of the molecule is C[C@@H]1CCCN(c2ccc([C@@H](C)NC(=O)C3CCN(S(=O)(=O)c4ccc(F)cc4)CC3)cc2)C1. The fourth-order valence-electron chi connectivity index (χ4n) is 4.93. The minimum atomic E-state index is -3.68. The highest BCUT2D eigenvalue weighted by atomic mass is 32.2. The van der Waals surface area contributed by atoms with Gasteiger partial charge in [-0.2, -0.15) is 4.31 Å². The highest BCUT2D eigenvalue weighted by Gasteiger charge is 2.32. The fraction of sp³-hybridized carbons (Fsp3) is 0.500. The summed E-state index contributed by atoms with van der Waals surface area (Å²) in [7, 11) is -3.68. The smallest absolute Gasteiger partial charge is 0.243 e. The standard InChI is InChI=1S/C26H34FN3O3S/c1-19-4-3-15-29(18-19)24-9-5-21(6-10-24)20(2)28-26(31)22-13-16-30(17-14-22)34(32,33)25-11-7-23(27)8-12-25/h5-12,19-20,22H,3-4,13-18H2,1-2H3,(H,28,31)/t19-,20-/m1/s1. The van der Waals surface area contributed by atoms with Gasteiger partial charge in [-0.1, -0.05) is 19.1 Å². The first-order chi connectivity index (χ1) is 16.2. The van der Waals surface area contributed by atoms with Gasteiger partial charge in [0.15, 0.2) is 0 Å². The number of nitrogens with zero attached hydrogens (tertiary/aromatic N) is 2. The molecule has 2 saturated heterocycles. The van der Waals surface area contributed by atoms with E-state index in [1.165, 1.54) is 35.0 Å². The van der Waals surface area contributed by atoms with Gasteiger partial charge < -0.3 is 10.2 Å². The zero-order valence-electron chi connectivity index (χ0n) is 19.9. The number of piperidine rings is 2. The Morgan fingerprint density at radius 2 is 1.65 bits per heavy atom. The minimum absolute atomic E-state index is 0.0414. The second kappa shape index (κ2) is 10.4. The number of halogens is 1. The molecule has 0 spiro atoms. The van der Waals surface area contributed by atoms with E-state index >= 15 is 0 Å². The third kappa shape index (κ3) is 5.61. The highest BCUT2D eigenvalue weighted by Crippen LogP contribution is 2.27. The number of sulfonamides is 1. The number of anilines is 1. The van der Waals surface area contributed by atoms with Gasteiger partial charge in [-0.05, 0) is 80.5 Å². The normalized spacial score (nSPS) is 21.3. The summed E-state index contributed by atoms with van der Waals surface area (Å²) < 4.78 is 40.1. The van der Waals surface area contributed by atoms with Crippen LogP contribution in [0, 0.1) is 17.7 Å². The summed E-state index contributed by atoms with van der Waals surface area (Å²) in [5.74, 6) is -0.0283. The van der Waals surface area contributed by atoms with Crippen LogP contribution in [0.15, 0.2) is 53.4 Å². The summed E-state index contributed by atoms with van der Waals surface area (Å²) in [6, 6.07) is 13.2. The number of hydrogen-bond acceptors (Lipinski definition) is 4. The van der Waals surface area contributed by atoms with E-state index < -0.39 is 15.8 Å². The third-order valence-electron chi connectivity index (χ3n) is 7.05. The first-order valence-electron chi connectivity index (χ1n) is 12.1. The molecule has 2 atom stereocenters. The van der Waals surface area contributed by atoms with Gasteiger partial charge in [-0.25, -0.2) is 12.8 Å². The predicted molar refractivity (Wildman–Crippen MR) is 131 cm³/mol. The van der Waals surface area contributed by atoms with Crippen LogP contribution < -0.4 is 10.2 Å². The van der Waals surface area contributed by atoms with Crippen LogP contribution >= 0.6 is 0 Å². The molecule has 0 radical (unpaired) electrons. The fourth-order valence-corrected chi connectivity index (χ4v) is 6.40. The molecule has 184 valence electrons. The number of carbonyl (C=O) groups excluding carboxylic acids is 1. The lowest BCUT2D eigenvalue weighted by atomic mass is 9.96. The molecule has 2 aliphatic heterocycles. The quantitative estimate of drug-likeness (QED) is 0.658. The lowest BCUT2D eigenvalue weighted by Crippen LogP contribution is -2.43. The Bertz CT molecular complexity index is 1080. The Morgan fingerprint density at radius 3 is 2.26 bits per heavy atom. The second-order valence-electron chi connectivity index (χ2n) is 9.65. The van der Waals surface area contributed by atoms with Crippen LogP contribution in [0.5, 0.6) is 0 Å². The molecule has 0 saturated carbocycles. The largest absolute Gasteiger partial charge is 0.371 e. The number of amides is 1. The van der Waals surface area contributed by atoms with Gasteiger partial charge in [0.1, 0.15) is 5.82 Å². The van der Waals surface area contributed by atoms with E-state index in [9.17, 15) is 17.6 Å². The van der Waals surface area contributed by atoms with Crippen molar-refractivity contribution in [1.82, 2.24) is 9.62 Å². The van der Waals surface area contributed by atoms with E-state index in [4.69, 9.17) is 0 Å². The maximum absolute atomic E-state index is 13.1. The summed E-state index contributed by atoms with van der Waals surface area (Å²) >= 11 is 0. The Morgan fingerprint density at radius 1 is 1.00 bits per heavy atom. The summed E-state index contributed by atoms with van der Waals surface area (Å²) in [5.41, 5.74) is 2.28. The van der Waals surface area contributed by atoms with Crippen LogP contribution in [0.2, 0.25) is 0 Å². The van der Waals surface area contributed by atoms with Gasteiger partial charge in [-0.3, -0.25) is 4.79 Å². The first kappa shape index (κ1) is 24.7. The molecule has 34 heavy (non-hydrogen) atoms. The van der Waals surface area contributed by atoms with Crippen molar-refractivity contribution in [2.75, 3.05) is 31.1 Å². The molecule has 0 unspecified atom stereocenters. The molecular weight excluding hydrogens is 453 g/mol. The Balaban J connectivity index is 1.30. The van der Waals surface area contributed by atoms with E-state index in [0.29, 0.717) is 18.8 Å². The van der Waals surface area contributed by atoms with Crippen molar-refractivity contribution in [3.63, 3.8) is 0 Å². The number of rotatable bonds is 6.